The van der Waals surface area contributed by atoms with Gasteiger partial charge in [-0.25, -0.2) is 13.4 Å². The maximum Gasteiger partial charge on any atom is 0.252 e. The van der Waals surface area contributed by atoms with Gasteiger partial charge in [0.25, 0.3) is 5.91 Å². The van der Waals surface area contributed by atoms with E-state index in [9.17, 15) is 18.3 Å². The van der Waals surface area contributed by atoms with Crippen LogP contribution in [-0.4, -0.2) is 67.1 Å². The zero-order valence-corrected chi connectivity index (χ0v) is 27.4. The lowest BCUT2D eigenvalue weighted by atomic mass is 9.83. The second-order valence-corrected chi connectivity index (χ2v) is 14.6. The Morgan fingerprint density at radius 2 is 1.69 bits per heavy atom. The topological polar surface area (TPSA) is 135 Å². The Hall–Kier alpha value is -3.25. The minimum atomic E-state index is -3.78. The molecule has 2 atom stereocenters. The largest absolute Gasteiger partial charge is 0.494 e. The monoisotopic (exact) mass is 698 g/mol. The van der Waals surface area contributed by atoms with E-state index < -0.39 is 33.0 Å². The molecule has 1 fully saturated rings. The Bertz CT molecular complexity index is 1590. The lowest BCUT2D eigenvalue weighted by Gasteiger charge is -2.35. The van der Waals surface area contributed by atoms with Gasteiger partial charge in [-0.15, -0.1) is 0 Å². The van der Waals surface area contributed by atoms with Gasteiger partial charge in [0, 0.05) is 41.6 Å². The molecule has 0 aromatic heterocycles. The molecule has 1 amide bonds. The number of ether oxygens (including phenoxy) is 2. The third-order valence-electron chi connectivity index (χ3n) is 8.43. The molecule has 2 aliphatic rings. The van der Waals surface area contributed by atoms with E-state index in [4.69, 9.17) is 19.6 Å². The third-order valence-corrected chi connectivity index (χ3v) is 10.9. The SMILES string of the molecule is O=C(NCC1(O)CCCCC1)[C@]1(CCS(=O)(=O)c2ccccc2)N=C(c2ccc(OCCCO)cc2)O[C@@H]1c1ccccc1Br. The molecule has 1 saturated carbocycles. The van der Waals surface area contributed by atoms with Gasteiger partial charge < -0.3 is 25.0 Å². The average Bonchev–Trinajstić information content (AvgIpc) is 3.45. The van der Waals surface area contributed by atoms with Crippen LogP contribution < -0.4 is 10.1 Å². The highest BCUT2D eigenvalue weighted by Crippen LogP contribution is 2.45. The third kappa shape index (κ3) is 7.77. The number of hydrogen-bond donors (Lipinski definition) is 3. The van der Waals surface area contributed by atoms with Crippen LogP contribution in [0.5, 0.6) is 5.75 Å². The maximum atomic E-state index is 14.4. The first-order valence-electron chi connectivity index (χ1n) is 15.3. The van der Waals surface area contributed by atoms with E-state index >= 15 is 0 Å². The van der Waals surface area contributed by atoms with Gasteiger partial charge in [-0.3, -0.25) is 4.79 Å². The summed E-state index contributed by atoms with van der Waals surface area (Å²) in [6, 6.07) is 22.5. The van der Waals surface area contributed by atoms with Gasteiger partial charge in [-0.2, -0.15) is 0 Å². The number of nitrogens with zero attached hydrogens (tertiary/aromatic N) is 1. The van der Waals surface area contributed by atoms with Crippen LogP contribution in [0.2, 0.25) is 0 Å². The fraction of sp³-hybridized carbons (Fsp3) is 0.412. The van der Waals surface area contributed by atoms with Gasteiger partial charge in [0.2, 0.25) is 5.90 Å². The van der Waals surface area contributed by atoms with Gasteiger partial charge in [0.05, 0.1) is 22.9 Å². The number of rotatable bonds is 13. The predicted molar refractivity (Wildman–Crippen MR) is 175 cm³/mol. The zero-order valence-electron chi connectivity index (χ0n) is 25.0. The van der Waals surface area contributed by atoms with Crippen LogP contribution in [0.1, 0.15) is 62.2 Å². The molecule has 0 saturated heterocycles. The molecule has 9 nitrogen and oxygen atoms in total. The molecule has 0 radical (unpaired) electrons. The number of aliphatic hydroxyl groups is 2. The van der Waals surface area contributed by atoms with Crippen LogP contribution in [0.25, 0.3) is 0 Å². The number of aliphatic imine (C=N–C) groups is 1. The maximum absolute atomic E-state index is 14.4. The number of carbonyl (C=O) groups is 1. The van der Waals surface area contributed by atoms with Crippen LogP contribution in [0.15, 0.2) is 93.2 Å². The molecule has 1 aliphatic carbocycles. The lowest BCUT2D eigenvalue weighted by molar-refractivity contribution is -0.130. The van der Waals surface area contributed by atoms with E-state index in [2.05, 4.69) is 21.2 Å². The number of nitrogens with one attached hydrogen (secondary N) is 1. The van der Waals surface area contributed by atoms with E-state index in [0.29, 0.717) is 47.2 Å². The van der Waals surface area contributed by atoms with Gasteiger partial charge in [-0.1, -0.05) is 71.6 Å². The summed E-state index contributed by atoms with van der Waals surface area (Å²) in [4.78, 5) is 19.5. The van der Waals surface area contributed by atoms with Crippen LogP contribution in [0.3, 0.4) is 0 Å². The summed E-state index contributed by atoms with van der Waals surface area (Å²) in [5, 5.41) is 23.2. The minimum absolute atomic E-state index is 0.0285. The van der Waals surface area contributed by atoms with Crippen LogP contribution in [0.4, 0.5) is 0 Å². The van der Waals surface area contributed by atoms with Crippen molar-refractivity contribution in [1.82, 2.24) is 5.32 Å². The first-order chi connectivity index (χ1) is 21.7. The summed E-state index contributed by atoms with van der Waals surface area (Å²) in [5.41, 5.74) is -1.47. The molecule has 45 heavy (non-hydrogen) atoms. The van der Waals surface area contributed by atoms with Crippen molar-refractivity contribution in [1.29, 1.82) is 0 Å². The molecule has 0 unspecified atom stereocenters. The number of benzene rings is 3. The van der Waals surface area contributed by atoms with Crippen molar-refractivity contribution in [2.45, 2.75) is 67.1 Å². The van der Waals surface area contributed by atoms with Crippen molar-refractivity contribution in [2.75, 3.05) is 25.5 Å². The fourth-order valence-corrected chi connectivity index (χ4v) is 7.74. The molecule has 11 heteroatoms. The van der Waals surface area contributed by atoms with Crippen molar-refractivity contribution in [2.24, 2.45) is 4.99 Å². The van der Waals surface area contributed by atoms with Crippen molar-refractivity contribution in [3.8, 4) is 5.75 Å². The van der Waals surface area contributed by atoms with Gasteiger partial charge in [0.15, 0.2) is 21.5 Å². The number of hydrogen-bond acceptors (Lipinski definition) is 8. The smallest absolute Gasteiger partial charge is 0.252 e. The minimum Gasteiger partial charge on any atom is -0.494 e. The second-order valence-electron chi connectivity index (χ2n) is 11.7. The first kappa shape index (κ1) is 33.1. The summed E-state index contributed by atoms with van der Waals surface area (Å²) in [7, 11) is -3.78. The number of carbonyl (C=O) groups excluding carboxylic acids is 1. The zero-order chi connectivity index (χ0) is 31.9. The number of amides is 1. The van der Waals surface area contributed by atoms with Gasteiger partial charge >= 0.3 is 0 Å². The Balaban J connectivity index is 1.54. The van der Waals surface area contributed by atoms with E-state index in [1.54, 1.807) is 42.5 Å². The van der Waals surface area contributed by atoms with Crippen molar-refractivity contribution in [3.63, 3.8) is 0 Å². The van der Waals surface area contributed by atoms with E-state index in [0.717, 1.165) is 19.3 Å². The molecule has 1 aliphatic heterocycles. The molecule has 0 spiro atoms. The molecule has 3 aromatic carbocycles. The lowest BCUT2D eigenvalue weighted by Crippen LogP contribution is -2.53. The van der Waals surface area contributed by atoms with Crippen molar-refractivity contribution < 1.29 is 32.9 Å². The molecule has 5 rings (SSSR count). The normalized spacial score (nSPS) is 21.0. The standard InChI is InChI=1S/C34H39BrN2O7S/c35-29-13-6-5-12-28(29)30-34(20-23-45(41,42)27-10-3-1-4-11-27,32(39)36-24-33(40)18-7-2-8-19-33)37-31(44-30)25-14-16-26(17-15-25)43-22-9-21-38/h1,3-6,10-17,30,38,40H,2,7-9,18-24H2,(H,36,39)/t30-,34-/m1/s1. The summed E-state index contributed by atoms with van der Waals surface area (Å²) in [5.74, 6) is -0.0643. The second kappa shape index (κ2) is 14.5. The van der Waals surface area contributed by atoms with Crippen molar-refractivity contribution in [3.05, 3.63) is 94.5 Å². The first-order valence-corrected chi connectivity index (χ1v) is 17.7. The average molecular weight is 700 g/mol. The molecular formula is C34H39BrN2O7S. The van der Waals surface area contributed by atoms with E-state index in [-0.39, 0.29) is 36.1 Å². The molecule has 1 heterocycles. The quantitative estimate of drug-likeness (QED) is 0.211. The summed E-state index contributed by atoms with van der Waals surface area (Å²) in [6.07, 6.45) is 3.32. The van der Waals surface area contributed by atoms with Crippen LogP contribution in [-0.2, 0) is 19.4 Å². The molecule has 3 N–H and O–H groups in total. The summed E-state index contributed by atoms with van der Waals surface area (Å²) < 4.78 is 39.9. The Labute approximate surface area is 272 Å². The fourth-order valence-electron chi connectivity index (χ4n) is 5.86. The molecule has 240 valence electrons. The highest BCUT2D eigenvalue weighted by atomic mass is 79.9. The van der Waals surface area contributed by atoms with Crippen LogP contribution in [0, 0.1) is 0 Å². The van der Waals surface area contributed by atoms with E-state index in [1.165, 1.54) is 12.1 Å². The number of sulfone groups is 1. The van der Waals surface area contributed by atoms with E-state index in [1.807, 2.05) is 24.3 Å². The van der Waals surface area contributed by atoms with Crippen molar-refractivity contribution >= 4 is 37.6 Å². The number of aliphatic hydroxyl groups excluding tert-OH is 1. The number of halogens is 1. The van der Waals surface area contributed by atoms with Gasteiger partial charge in [0.1, 0.15) is 5.75 Å². The Morgan fingerprint density at radius 1 is 1.00 bits per heavy atom. The molecular weight excluding hydrogens is 660 g/mol. The highest BCUT2D eigenvalue weighted by molar-refractivity contribution is 9.10. The summed E-state index contributed by atoms with van der Waals surface area (Å²) in [6.45, 7) is 0.427. The molecule has 0 bridgehead atoms. The van der Waals surface area contributed by atoms with Gasteiger partial charge in [-0.05, 0) is 55.3 Å². The van der Waals surface area contributed by atoms with Crippen LogP contribution >= 0.6 is 15.9 Å². The Kier molecular flexibility index (Phi) is 10.6. The highest BCUT2D eigenvalue weighted by Gasteiger charge is 2.54. The Morgan fingerprint density at radius 3 is 2.38 bits per heavy atom. The molecule has 3 aromatic rings. The predicted octanol–water partition coefficient (Wildman–Crippen LogP) is 5.14. The summed E-state index contributed by atoms with van der Waals surface area (Å²) >= 11 is 3.60.